The van der Waals surface area contributed by atoms with Crippen molar-refractivity contribution in [3.8, 4) is 5.75 Å². The van der Waals surface area contributed by atoms with Crippen LogP contribution >= 0.6 is 0 Å². The topological polar surface area (TPSA) is 46.5 Å². The number of methoxy groups -OCH3 is 1. The molecule has 0 saturated heterocycles. The molecule has 0 aliphatic rings. The highest BCUT2D eigenvalue weighted by atomic mass is 16.5. The predicted molar refractivity (Wildman–Crippen MR) is 82.0 cm³/mol. The summed E-state index contributed by atoms with van der Waals surface area (Å²) in [6.07, 6.45) is 4.97. The van der Waals surface area contributed by atoms with Gasteiger partial charge in [-0.25, -0.2) is 4.79 Å². The third kappa shape index (κ3) is 4.72. The van der Waals surface area contributed by atoms with Crippen molar-refractivity contribution in [2.24, 2.45) is 0 Å². The summed E-state index contributed by atoms with van der Waals surface area (Å²) in [6, 6.07) is 7.52. The number of aliphatic carboxylic acids is 1. The van der Waals surface area contributed by atoms with E-state index in [1.165, 1.54) is 0 Å². The van der Waals surface area contributed by atoms with E-state index in [1.54, 1.807) is 7.11 Å². The zero-order valence-corrected chi connectivity index (χ0v) is 12.6. The molecule has 0 saturated carbocycles. The second kappa shape index (κ2) is 8.41. The fourth-order valence-corrected chi connectivity index (χ4v) is 2.20. The highest BCUT2D eigenvalue weighted by Gasteiger charge is 2.12. The van der Waals surface area contributed by atoms with Crippen LogP contribution in [0.4, 0.5) is 0 Å². The fourth-order valence-electron chi connectivity index (χ4n) is 2.20. The average Bonchev–Trinajstić information content (AvgIpc) is 2.46. The summed E-state index contributed by atoms with van der Waals surface area (Å²) < 4.78 is 5.12. The molecule has 1 rings (SSSR count). The van der Waals surface area contributed by atoms with Gasteiger partial charge in [-0.15, -0.1) is 0 Å². The minimum Gasteiger partial charge on any atom is -0.497 e. The third-order valence-corrected chi connectivity index (χ3v) is 3.51. The van der Waals surface area contributed by atoms with Crippen LogP contribution < -0.4 is 4.74 Å². The lowest BCUT2D eigenvalue weighted by atomic mass is 9.97. The van der Waals surface area contributed by atoms with E-state index in [1.807, 2.05) is 31.2 Å². The first-order valence-corrected chi connectivity index (χ1v) is 7.17. The van der Waals surface area contributed by atoms with Crippen LogP contribution in [0.2, 0.25) is 0 Å². The Morgan fingerprint density at radius 1 is 1.15 bits per heavy atom. The molecule has 0 amide bonds. The third-order valence-electron chi connectivity index (χ3n) is 3.51. The second-order valence-electron chi connectivity index (χ2n) is 4.95. The van der Waals surface area contributed by atoms with E-state index in [2.05, 4.69) is 6.92 Å². The molecule has 1 N–H and O–H groups in total. The van der Waals surface area contributed by atoms with Gasteiger partial charge in [0.15, 0.2) is 0 Å². The van der Waals surface area contributed by atoms with Gasteiger partial charge >= 0.3 is 5.97 Å². The van der Waals surface area contributed by atoms with Crippen LogP contribution in [0.3, 0.4) is 0 Å². The van der Waals surface area contributed by atoms with Gasteiger partial charge in [0.1, 0.15) is 5.75 Å². The first-order chi connectivity index (χ1) is 9.60. The number of hydrogen-bond acceptors (Lipinski definition) is 2. The quantitative estimate of drug-likeness (QED) is 0.560. The number of allylic oxidation sites excluding steroid dienone is 1. The molecule has 20 heavy (non-hydrogen) atoms. The molecule has 0 spiro atoms. The molecule has 0 atom stereocenters. The largest absolute Gasteiger partial charge is 0.497 e. The number of ether oxygens (including phenoxy) is 1. The van der Waals surface area contributed by atoms with E-state index >= 15 is 0 Å². The molecule has 3 nitrogen and oxygen atoms in total. The van der Waals surface area contributed by atoms with Crippen LogP contribution in [0.5, 0.6) is 5.75 Å². The lowest BCUT2D eigenvalue weighted by Crippen LogP contribution is -2.03. The number of unbranched alkanes of at least 4 members (excludes halogenated alkanes) is 3. The molecule has 1 aromatic rings. The van der Waals surface area contributed by atoms with E-state index < -0.39 is 5.97 Å². The first-order valence-electron chi connectivity index (χ1n) is 7.17. The Morgan fingerprint density at radius 2 is 1.80 bits per heavy atom. The molecule has 0 bridgehead atoms. The monoisotopic (exact) mass is 276 g/mol. The lowest BCUT2D eigenvalue weighted by Gasteiger charge is -2.09. The summed E-state index contributed by atoms with van der Waals surface area (Å²) >= 11 is 0. The average molecular weight is 276 g/mol. The molecular formula is C17H24O3. The van der Waals surface area contributed by atoms with Crippen molar-refractivity contribution in [3.63, 3.8) is 0 Å². The normalized spacial score (nSPS) is 11.9. The van der Waals surface area contributed by atoms with E-state index in [-0.39, 0.29) is 0 Å². The van der Waals surface area contributed by atoms with Crippen LogP contribution in [0, 0.1) is 0 Å². The molecule has 0 aromatic heterocycles. The zero-order valence-electron chi connectivity index (χ0n) is 12.6. The van der Waals surface area contributed by atoms with Crippen LogP contribution in [-0.2, 0) is 4.79 Å². The number of benzene rings is 1. The molecule has 0 aliphatic heterocycles. The van der Waals surface area contributed by atoms with Crippen molar-refractivity contribution in [1.29, 1.82) is 0 Å². The standard InChI is InChI=1S/C17H24O3/c1-4-5-6-7-8-16(17(18)19)13(2)14-9-11-15(20-3)12-10-14/h9-12H,4-8H2,1-3H3,(H,18,19). The Bertz CT molecular complexity index is 458. The smallest absolute Gasteiger partial charge is 0.331 e. The summed E-state index contributed by atoms with van der Waals surface area (Å²) in [5, 5.41) is 9.38. The number of hydrogen-bond donors (Lipinski definition) is 1. The fraction of sp³-hybridized carbons (Fsp3) is 0.471. The van der Waals surface area contributed by atoms with E-state index in [9.17, 15) is 9.90 Å². The molecule has 0 heterocycles. The van der Waals surface area contributed by atoms with Crippen LogP contribution in [-0.4, -0.2) is 18.2 Å². The van der Waals surface area contributed by atoms with Crippen molar-refractivity contribution < 1.29 is 14.6 Å². The van der Waals surface area contributed by atoms with E-state index in [4.69, 9.17) is 4.74 Å². The van der Waals surface area contributed by atoms with Crippen molar-refractivity contribution >= 4 is 11.5 Å². The Balaban J connectivity index is 2.86. The van der Waals surface area contributed by atoms with Gasteiger partial charge in [-0.2, -0.15) is 0 Å². The molecule has 1 aromatic carbocycles. The number of carboxylic acid groups (broad SMARTS) is 1. The number of carbonyl (C=O) groups is 1. The van der Waals surface area contributed by atoms with E-state index in [0.717, 1.165) is 42.6 Å². The van der Waals surface area contributed by atoms with Gasteiger partial charge in [0.2, 0.25) is 0 Å². The molecule has 0 aliphatic carbocycles. The Labute approximate surface area is 121 Å². The molecule has 0 fully saturated rings. The van der Waals surface area contributed by atoms with Gasteiger partial charge in [-0.1, -0.05) is 38.3 Å². The SMILES string of the molecule is CCCCCCC(C(=O)O)=C(C)c1ccc(OC)cc1. The van der Waals surface area contributed by atoms with Gasteiger partial charge in [0.05, 0.1) is 7.11 Å². The van der Waals surface area contributed by atoms with Gasteiger partial charge < -0.3 is 9.84 Å². The summed E-state index contributed by atoms with van der Waals surface area (Å²) in [6.45, 7) is 4.03. The Kier molecular flexibility index (Phi) is 6.85. The predicted octanol–water partition coefficient (Wildman–Crippen LogP) is 4.52. The lowest BCUT2D eigenvalue weighted by molar-refractivity contribution is -0.132. The van der Waals surface area contributed by atoms with Crippen molar-refractivity contribution in [2.75, 3.05) is 7.11 Å². The van der Waals surface area contributed by atoms with Crippen molar-refractivity contribution in [2.45, 2.75) is 46.0 Å². The van der Waals surface area contributed by atoms with Gasteiger partial charge in [0, 0.05) is 5.57 Å². The Hall–Kier alpha value is -1.77. The Morgan fingerprint density at radius 3 is 2.30 bits per heavy atom. The van der Waals surface area contributed by atoms with Gasteiger partial charge in [-0.3, -0.25) is 0 Å². The first kappa shape index (κ1) is 16.3. The molecule has 0 radical (unpaired) electrons. The molecule has 110 valence electrons. The minimum atomic E-state index is -0.810. The highest BCUT2D eigenvalue weighted by Crippen LogP contribution is 2.24. The van der Waals surface area contributed by atoms with Crippen LogP contribution in [0.25, 0.3) is 5.57 Å². The van der Waals surface area contributed by atoms with Crippen LogP contribution in [0.1, 0.15) is 51.5 Å². The van der Waals surface area contributed by atoms with Crippen LogP contribution in [0.15, 0.2) is 29.8 Å². The number of rotatable bonds is 8. The highest BCUT2D eigenvalue weighted by molar-refractivity contribution is 5.95. The maximum Gasteiger partial charge on any atom is 0.331 e. The maximum absolute atomic E-state index is 11.4. The summed E-state index contributed by atoms with van der Waals surface area (Å²) in [5.41, 5.74) is 2.31. The second-order valence-corrected chi connectivity index (χ2v) is 4.95. The summed E-state index contributed by atoms with van der Waals surface area (Å²) in [4.78, 5) is 11.4. The summed E-state index contributed by atoms with van der Waals surface area (Å²) in [5.74, 6) is -0.0313. The van der Waals surface area contributed by atoms with E-state index in [0.29, 0.717) is 12.0 Å². The van der Waals surface area contributed by atoms with Gasteiger partial charge in [-0.05, 0) is 43.0 Å². The van der Waals surface area contributed by atoms with Crippen molar-refractivity contribution in [1.82, 2.24) is 0 Å². The maximum atomic E-state index is 11.4. The summed E-state index contributed by atoms with van der Waals surface area (Å²) in [7, 11) is 1.62. The molecular weight excluding hydrogens is 252 g/mol. The molecule has 0 unspecified atom stereocenters. The minimum absolute atomic E-state index is 0.520. The molecule has 3 heteroatoms. The van der Waals surface area contributed by atoms with Gasteiger partial charge in [0.25, 0.3) is 0 Å². The number of carboxylic acids is 1. The van der Waals surface area contributed by atoms with Crippen molar-refractivity contribution in [3.05, 3.63) is 35.4 Å². The zero-order chi connectivity index (χ0) is 15.0.